The first-order valence-electron chi connectivity index (χ1n) is 6.92. The van der Waals surface area contributed by atoms with E-state index in [4.69, 9.17) is 0 Å². The highest BCUT2D eigenvalue weighted by molar-refractivity contribution is 5.98. The van der Waals surface area contributed by atoms with Crippen LogP contribution in [0.1, 0.15) is 12.0 Å². The standard InChI is InChI=1S/C17H16N2O2/c20-17(21)15-12-19(16-8-4-5-10-18-16)11-9-14(15)13-6-2-1-3-7-13/h1-8,10H,9,11-12H2,(H,20,21). The van der Waals surface area contributed by atoms with Crippen molar-refractivity contribution in [2.24, 2.45) is 0 Å². The first-order chi connectivity index (χ1) is 10.3. The fraction of sp³-hybridized carbons (Fsp3) is 0.176. The maximum Gasteiger partial charge on any atom is 0.333 e. The van der Waals surface area contributed by atoms with E-state index < -0.39 is 5.97 Å². The molecule has 21 heavy (non-hydrogen) atoms. The van der Waals surface area contributed by atoms with Crippen LogP contribution in [0, 0.1) is 0 Å². The Labute approximate surface area is 123 Å². The average Bonchev–Trinajstić information content (AvgIpc) is 2.56. The molecule has 1 N–H and O–H groups in total. The minimum atomic E-state index is -0.852. The van der Waals surface area contributed by atoms with E-state index >= 15 is 0 Å². The third kappa shape index (κ3) is 2.79. The van der Waals surface area contributed by atoms with Crippen LogP contribution in [0.4, 0.5) is 5.82 Å². The monoisotopic (exact) mass is 280 g/mol. The fourth-order valence-electron chi connectivity index (χ4n) is 2.65. The molecule has 1 aliphatic heterocycles. The minimum absolute atomic E-state index is 0.385. The Morgan fingerprint density at radius 3 is 2.52 bits per heavy atom. The Kier molecular flexibility index (Phi) is 3.69. The summed E-state index contributed by atoms with van der Waals surface area (Å²) in [5.41, 5.74) is 2.38. The molecule has 1 aromatic carbocycles. The van der Waals surface area contributed by atoms with Crippen molar-refractivity contribution in [2.75, 3.05) is 18.0 Å². The van der Waals surface area contributed by atoms with E-state index in [2.05, 4.69) is 4.98 Å². The first-order valence-corrected chi connectivity index (χ1v) is 6.92. The lowest BCUT2D eigenvalue weighted by molar-refractivity contribution is -0.132. The summed E-state index contributed by atoms with van der Waals surface area (Å²) < 4.78 is 0. The molecule has 0 atom stereocenters. The number of hydrogen-bond donors (Lipinski definition) is 1. The van der Waals surface area contributed by atoms with Gasteiger partial charge >= 0.3 is 5.97 Å². The van der Waals surface area contributed by atoms with Gasteiger partial charge in [-0.2, -0.15) is 0 Å². The molecular formula is C17H16N2O2. The highest BCUT2D eigenvalue weighted by atomic mass is 16.4. The topological polar surface area (TPSA) is 53.4 Å². The van der Waals surface area contributed by atoms with Crippen molar-refractivity contribution in [2.45, 2.75) is 6.42 Å². The van der Waals surface area contributed by atoms with Crippen molar-refractivity contribution < 1.29 is 9.90 Å². The van der Waals surface area contributed by atoms with Gasteiger partial charge in [0.1, 0.15) is 5.82 Å². The zero-order valence-corrected chi connectivity index (χ0v) is 11.6. The molecule has 4 nitrogen and oxygen atoms in total. The van der Waals surface area contributed by atoms with Gasteiger partial charge in [-0.05, 0) is 29.7 Å². The van der Waals surface area contributed by atoms with Crippen LogP contribution in [0.5, 0.6) is 0 Å². The van der Waals surface area contributed by atoms with Gasteiger partial charge in [-0.25, -0.2) is 9.78 Å². The van der Waals surface area contributed by atoms with Gasteiger partial charge in [-0.3, -0.25) is 0 Å². The number of anilines is 1. The zero-order valence-electron chi connectivity index (χ0n) is 11.6. The van der Waals surface area contributed by atoms with Gasteiger partial charge in [0.2, 0.25) is 0 Å². The van der Waals surface area contributed by atoms with Crippen molar-refractivity contribution in [3.63, 3.8) is 0 Å². The third-order valence-corrected chi connectivity index (χ3v) is 3.70. The molecule has 106 valence electrons. The van der Waals surface area contributed by atoms with Crippen LogP contribution in [-0.4, -0.2) is 29.1 Å². The third-order valence-electron chi connectivity index (χ3n) is 3.70. The molecule has 0 radical (unpaired) electrons. The van der Waals surface area contributed by atoms with Gasteiger partial charge in [-0.1, -0.05) is 36.4 Å². The number of nitrogens with zero attached hydrogens (tertiary/aromatic N) is 2. The highest BCUT2D eigenvalue weighted by Crippen LogP contribution is 2.29. The number of carboxylic acid groups (broad SMARTS) is 1. The van der Waals surface area contributed by atoms with Crippen LogP contribution in [-0.2, 0) is 4.79 Å². The molecular weight excluding hydrogens is 264 g/mol. The molecule has 0 fully saturated rings. The van der Waals surface area contributed by atoms with E-state index in [1.807, 2.05) is 53.4 Å². The minimum Gasteiger partial charge on any atom is -0.478 e. The SMILES string of the molecule is O=C(O)C1=C(c2ccccc2)CCN(c2ccccn2)C1. The Morgan fingerprint density at radius 2 is 1.86 bits per heavy atom. The number of aliphatic carboxylic acids is 1. The fourth-order valence-corrected chi connectivity index (χ4v) is 2.65. The van der Waals surface area contributed by atoms with Gasteiger partial charge < -0.3 is 10.0 Å². The summed E-state index contributed by atoms with van der Waals surface area (Å²) in [4.78, 5) is 17.9. The van der Waals surface area contributed by atoms with Crippen molar-refractivity contribution in [1.29, 1.82) is 0 Å². The first kappa shape index (κ1) is 13.4. The van der Waals surface area contributed by atoms with Crippen molar-refractivity contribution in [3.8, 4) is 0 Å². The number of benzene rings is 1. The average molecular weight is 280 g/mol. The molecule has 3 rings (SSSR count). The summed E-state index contributed by atoms with van der Waals surface area (Å²) in [6.45, 7) is 1.16. The number of carboxylic acids is 1. The summed E-state index contributed by atoms with van der Waals surface area (Å²) in [6.07, 6.45) is 2.44. The number of pyridine rings is 1. The number of hydrogen-bond acceptors (Lipinski definition) is 3. The second kappa shape index (κ2) is 5.79. The summed E-state index contributed by atoms with van der Waals surface area (Å²) >= 11 is 0. The number of carbonyl (C=O) groups is 1. The predicted octanol–water partition coefficient (Wildman–Crippen LogP) is 2.83. The molecule has 0 saturated heterocycles. The Balaban J connectivity index is 1.95. The molecule has 0 aliphatic carbocycles. The molecule has 0 saturated carbocycles. The predicted molar refractivity (Wildman–Crippen MR) is 82.1 cm³/mol. The number of rotatable bonds is 3. The molecule has 4 heteroatoms. The highest BCUT2D eigenvalue weighted by Gasteiger charge is 2.24. The number of aromatic nitrogens is 1. The van der Waals surface area contributed by atoms with Crippen LogP contribution in [0.15, 0.2) is 60.3 Å². The molecule has 0 unspecified atom stereocenters. The largest absolute Gasteiger partial charge is 0.478 e. The summed E-state index contributed by atoms with van der Waals surface area (Å²) in [7, 11) is 0. The van der Waals surface area contributed by atoms with Gasteiger partial charge in [0, 0.05) is 12.7 Å². The molecule has 0 bridgehead atoms. The maximum atomic E-state index is 11.6. The van der Waals surface area contributed by atoms with E-state index in [1.54, 1.807) is 6.20 Å². The van der Waals surface area contributed by atoms with Crippen LogP contribution >= 0.6 is 0 Å². The van der Waals surface area contributed by atoms with E-state index in [0.29, 0.717) is 18.5 Å². The smallest absolute Gasteiger partial charge is 0.333 e. The van der Waals surface area contributed by atoms with Crippen molar-refractivity contribution in [3.05, 3.63) is 65.9 Å². The van der Waals surface area contributed by atoms with Crippen molar-refractivity contribution >= 4 is 17.4 Å². The second-order valence-corrected chi connectivity index (χ2v) is 4.99. The Bertz CT molecular complexity index is 666. The quantitative estimate of drug-likeness (QED) is 0.939. The van der Waals surface area contributed by atoms with E-state index in [1.165, 1.54) is 0 Å². The summed E-state index contributed by atoms with van der Waals surface area (Å²) in [6, 6.07) is 15.4. The van der Waals surface area contributed by atoms with Gasteiger partial charge in [-0.15, -0.1) is 0 Å². The molecule has 1 aromatic heterocycles. The van der Waals surface area contributed by atoms with Gasteiger partial charge in [0.05, 0.1) is 12.1 Å². The summed E-state index contributed by atoms with van der Waals surface area (Å²) in [5.74, 6) is -0.0298. The van der Waals surface area contributed by atoms with Crippen molar-refractivity contribution in [1.82, 2.24) is 4.98 Å². The lowest BCUT2D eigenvalue weighted by Gasteiger charge is -2.30. The van der Waals surface area contributed by atoms with Crippen LogP contribution < -0.4 is 4.90 Å². The normalized spacial score (nSPS) is 15.1. The molecule has 2 aromatic rings. The van der Waals surface area contributed by atoms with Crippen LogP contribution in [0.2, 0.25) is 0 Å². The van der Waals surface area contributed by atoms with Gasteiger partial charge in [0.25, 0.3) is 0 Å². The molecule has 0 spiro atoms. The van der Waals surface area contributed by atoms with E-state index in [-0.39, 0.29) is 0 Å². The molecule has 0 amide bonds. The van der Waals surface area contributed by atoms with E-state index in [9.17, 15) is 9.90 Å². The molecule has 2 heterocycles. The van der Waals surface area contributed by atoms with Gasteiger partial charge in [0.15, 0.2) is 0 Å². The lowest BCUT2D eigenvalue weighted by Crippen LogP contribution is -2.34. The lowest BCUT2D eigenvalue weighted by atomic mass is 9.93. The van der Waals surface area contributed by atoms with E-state index in [0.717, 1.165) is 23.5 Å². The Morgan fingerprint density at radius 1 is 1.10 bits per heavy atom. The Hall–Kier alpha value is -2.62. The van der Waals surface area contributed by atoms with Crippen LogP contribution in [0.3, 0.4) is 0 Å². The zero-order chi connectivity index (χ0) is 14.7. The molecule has 1 aliphatic rings. The van der Waals surface area contributed by atoms with Crippen LogP contribution in [0.25, 0.3) is 5.57 Å². The second-order valence-electron chi connectivity index (χ2n) is 4.99. The summed E-state index contributed by atoms with van der Waals surface area (Å²) in [5, 5.41) is 9.53. The maximum absolute atomic E-state index is 11.6.